The minimum absolute atomic E-state index is 0.189. The molecule has 0 unspecified atom stereocenters. The minimum atomic E-state index is -0.361. The molecule has 1 amide bonds. The first kappa shape index (κ1) is 18.1. The van der Waals surface area contributed by atoms with Crippen LogP contribution >= 0.6 is 11.6 Å². The first-order valence-electron chi connectivity index (χ1n) is 9.07. The number of benzene rings is 1. The Labute approximate surface area is 174 Å². The van der Waals surface area contributed by atoms with E-state index in [0.29, 0.717) is 38.8 Å². The second-order valence-corrected chi connectivity index (χ2v) is 7.04. The van der Waals surface area contributed by atoms with Crippen LogP contribution in [0.15, 0.2) is 76.3 Å². The van der Waals surface area contributed by atoms with Crippen LogP contribution in [0.25, 0.3) is 28.1 Å². The van der Waals surface area contributed by atoms with Gasteiger partial charge in [-0.25, -0.2) is 9.50 Å². The maximum absolute atomic E-state index is 13.2. The van der Waals surface area contributed by atoms with Crippen LogP contribution in [-0.2, 0) is 11.3 Å². The number of rotatable bonds is 4. The number of nitrogens with zero attached hydrogens (tertiary/aromatic N) is 4. The Morgan fingerprint density at radius 1 is 1.10 bits per heavy atom. The summed E-state index contributed by atoms with van der Waals surface area (Å²) in [5.74, 6) is 0.173. The van der Waals surface area contributed by atoms with E-state index < -0.39 is 0 Å². The summed E-state index contributed by atoms with van der Waals surface area (Å²) in [5, 5.41) is 7.74. The van der Waals surface area contributed by atoms with E-state index in [2.05, 4.69) is 15.4 Å². The smallest absolute Gasteiger partial charge is 0.277 e. The second-order valence-electron chi connectivity index (χ2n) is 6.60. The molecule has 9 heteroatoms. The predicted molar refractivity (Wildman–Crippen MR) is 113 cm³/mol. The lowest BCUT2D eigenvalue weighted by Crippen LogP contribution is -2.29. The molecule has 4 heterocycles. The van der Waals surface area contributed by atoms with Gasteiger partial charge in [0.15, 0.2) is 11.4 Å². The zero-order valence-electron chi connectivity index (χ0n) is 15.4. The van der Waals surface area contributed by atoms with Crippen LogP contribution in [0.2, 0.25) is 5.02 Å². The van der Waals surface area contributed by atoms with E-state index in [4.69, 9.17) is 16.0 Å². The van der Waals surface area contributed by atoms with Gasteiger partial charge in [-0.2, -0.15) is 5.10 Å². The average molecular weight is 420 g/mol. The number of hydrogen-bond donors (Lipinski definition) is 1. The summed E-state index contributed by atoms with van der Waals surface area (Å²) in [4.78, 5) is 30.2. The van der Waals surface area contributed by atoms with Gasteiger partial charge in [0.25, 0.3) is 5.56 Å². The number of halogens is 1. The third-order valence-electron chi connectivity index (χ3n) is 4.61. The largest absolute Gasteiger partial charge is 0.463 e. The van der Waals surface area contributed by atoms with Crippen molar-refractivity contribution in [3.05, 3.63) is 82.4 Å². The van der Waals surface area contributed by atoms with Crippen molar-refractivity contribution in [3.63, 3.8) is 0 Å². The molecule has 4 aromatic heterocycles. The number of nitrogens with one attached hydrogen (secondary N) is 1. The summed E-state index contributed by atoms with van der Waals surface area (Å²) < 4.78 is 8.25. The third kappa shape index (κ3) is 3.13. The van der Waals surface area contributed by atoms with Crippen molar-refractivity contribution in [2.24, 2.45) is 0 Å². The van der Waals surface area contributed by atoms with Gasteiger partial charge in [0, 0.05) is 23.0 Å². The highest BCUT2D eigenvalue weighted by molar-refractivity contribution is 6.30. The van der Waals surface area contributed by atoms with Crippen LogP contribution in [0.4, 0.5) is 5.69 Å². The third-order valence-corrected chi connectivity index (χ3v) is 4.85. The number of furan rings is 1. The monoisotopic (exact) mass is 419 g/mol. The molecular formula is C21H14ClN5O3. The molecule has 1 N–H and O–H groups in total. The zero-order valence-corrected chi connectivity index (χ0v) is 16.2. The van der Waals surface area contributed by atoms with E-state index in [1.807, 2.05) is 0 Å². The lowest BCUT2D eigenvalue weighted by atomic mass is 10.3. The first-order chi connectivity index (χ1) is 14.6. The summed E-state index contributed by atoms with van der Waals surface area (Å²) in [7, 11) is 0. The molecule has 0 saturated heterocycles. The number of fused-ring (bicyclic) bond motifs is 3. The lowest BCUT2D eigenvalue weighted by Gasteiger charge is -2.11. The van der Waals surface area contributed by atoms with E-state index >= 15 is 0 Å². The van der Waals surface area contributed by atoms with E-state index in [-0.39, 0.29) is 18.0 Å². The Kier molecular flexibility index (Phi) is 4.33. The number of aromatic nitrogens is 4. The fourth-order valence-electron chi connectivity index (χ4n) is 3.32. The molecule has 0 aliphatic rings. The molecule has 1 aromatic carbocycles. The molecule has 0 aliphatic carbocycles. The number of pyridine rings is 1. The van der Waals surface area contributed by atoms with Crippen LogP contribution in [0.5, 0.6) is 0 Å². The summed E-state index contributed by atoms with van der Waals surface area (Å²) in [6.45, 7) is -0.189. The van der Waals surface area contributed by atoms with Crippen molar-refractivity contribution in [1.29, 1.82) is 0 Å². The summed E-state index contributed by atoms with van der Waals surface area (Å²) in [6.07, 6.45) is 3.14. The molecule has 148 valence electrons. The average Bonchev–Trinajstić information content (AvgIpc) is 3.41. The molecular weight excluding hydrogens is 406 g/mol. The fourth-order valence-corrected chi connectivity index (χ4v) is 3.51. The minimum Gasteiger partial charge on any atom is -0.463 e. The van der Waals surface area contributed by atoms with Gasteiger partial charge in [-0.3, -0.25) is 14.2 Å². The molecule has 0 bridgehead atoms. The first-order valence-corrected chi connectivity index (χ1v) is 9.44. The SMILES string of the molecule is O=C(Cn1c(=O)c2cc(-c3ccco3)nn2c2ncccc21)Nc1cccc(Cl)c1. The Bertz CT molecular complexity index is 1450. The molecule has 0 saturated carbocycles. The van der Waals surface area contributed by atoms with Gasteiger partial charge >= 0.3 is 0 Å². The molecule has 5 rings (SSSR count). The fraction of sp³-hybridized carbons (Fsp3) is 0.0476. The van der Waals surface area contributed by atoms with Gasteiger partial charge in [-0.15, -0.1) is 0 Å². The highest BCUT2D eigenvalue weighted by atomic mass is 35.5. The quantitative estimate of drug-likeness (QED) is 0.480. The topological polar surface area (TPSA) is 94.4 Å². The standard InChI is InChI=1S/C21H14ClN5O3/c22-13-4-1-5-14(10-13)24-19(28)12-26-16-6-2-8-23-20(16)27-17(21(26)29)11-15(25-27)18-7-3-9-30-18/h1-11H,12H2,(H,24,28). The van der Waals surface area contributed by atoms with Crippen molar-refractivity contribution in [2.45, 2.75) is 6.54 Å². The number of carbonyl (C=O) groups excluding carboxylic acids is 1. The Morgan fingerprint density at radius 3 is 2.80 bits per heavy atom. The second kappa shape index (κ2) is 7.16. The van der Waals surface area contributed by atoms with E-state index in [0.717, 1.165) is 0 Å². The maximum atomic E-state index is 13.2. The van der Waals surface area contributed by atoms with Crippen molar-refractivity contribution in [3.8, 4) is 11.5 Å². The Hall–Kier alpha value is -3.91. The maximum Gasteiger partial charge on any atom is 0.277 e. The van der Waals surface area contributed by atoms with Crippen molar-refractivity contribution < 1.29 is 9.21 Å². The normalized spacial score (nSPS) is 11.2. The zero-order chi connectivity index (χ0) is 20.7. The molecule has 0 fully saturated rings. The number of carbonyl (C=O) groups is 1. The van der Waals surface area contributed by atoms with Crippen molar-refractivity contribution in [2.75, 3.05) is 5.32 Å². The number of anilines is 1. The lowest BCUT2D eigenvalue weighted by molar-refractivity contribution is -0.116. The van der Waals surface area contributed by atoms with Gasteiger partial charge in [-0.05, 0) is 42.5 Å². The molecule has 5 aromatic rings. The highest BCUT2D eigenvalue weighted by Crippen LogP contribution is 2.21. The Balaban J connectivity index is 1.61. The number of hydrogen-bond acceptors (Lipinski definition) is 5. The van der Waals surface area contributed by atoms with Gasteiger partial charge in [0.05, 0.1) is 11.8 Å². The van der Waals surface area contributed by atoms with Crippen LogP contribution in [0, 0.1) is 0 Å². The van der Waals surface area contributed by atoms with E-state index in [1.54, 1.807) is 60.8 Å². The molecule has 8 nitrogen and oxygen atoms in total. The molecule has 0 radical (unpaired) electrons. The van der Waals surface area contributed by atoms with Gasteiger partial charge < -0.3 is 9.73 Å². The van der Waals surface area contributed by atoms with Crippen molar-refractivity contribution >= 4 is 39.9 Å². The van der Waals surface area contributed by atoms with Crippen LogP contribution in [0.1, 0.15) is 0 Å². The van der Waals surface area contributed by atoms with Crippen molar-refractivity contribution in [1.82, 2.24) is 19.2 Å². The van der Waals surface area contributed by atoms with Crippen LogP contribution in [0.3, 0.4) is 0 Å². The van der Waals surface area contributed by atoms with Gasteiger partial charge in [0.2, 0.25) is 5.91 Å². The van der Waals surface area contributed by atoms with Gasteiger partial charge in [-0.1, -0.05) is 17.7 Å². The highest BCUT2D eigenvalue weighted by Gasteiger charge is 2.18. The van der Waals surface area contributed by atoms with Gasteiger partial charge in [0.1, 0.15) is 17.8 Å². The Morgan fingerprint density at radius 2 is 2.00 bits per heavy atom. The number of amides is 1. The van der Waals surface area contributed by atoms with E-state index in [9.17, 15) is 9.59 Å². The summed E-state index contributed by atoms with van der Waals surface area (Å²) >= 11 is 5.97. The summed E-state index contributed by atoms with van der Waals surface area (Å²) in [6, 6.07) is 15.4. The summed E-state index contributed by atoms with van der Waals surface area (Å²) in [5.41, 5.74) is 1.94. The predicted octanol–water partition coefficient (Wildman–Crippen LogP) is 3.60. The molecule has 0 atom stereocenters. The molecule has 0 aliphatic heterocycles. The van der Waals surface area contributed by atoms with E-state index in [1.165, 1.54) is 15.3 Å². The molecule has 0 spiro atoms. The molecule has 30 heavy (non-hydrogen) atoms. The van der Waals surface area contributed by atoms with Crippen LogP contribution in [-0.4, -0.2) is 25.1 Å². The van der Waals surface area contributed by atoms with Crippen LogP contribution < -0.4 is 10.9 Å².